The molecule has 1 heterocycles. The molecular formula is C33H37N2+. The van der Waals surface area contributed by atoms with Crippen LogP contribution in [0.4, 0.5) is 0 Å². The van der Waals surface area contributed by atoms with E-state index in [0.717, 1.165) is 0 Å². The standard InChI is InChI=1S/C33H37N2/c1-32(2,3)30(28-19-11-15-24-13-7-9-17-26(24)28)34-21-22-35(23-34)31(33(4,5)6)29-20-12-16-25-14-8-10-18-27(25)29/h7-23,30-31H,1-6H3/q+1/t30-,31-/m1/s1. The third kappa shape index (κ3) is 4.38. The van der Waals surface area contributed by atoms with Crippen molar-refractivity contribution in [1.82, 2.24) is 4.57 Å². The van der Waals surface area contributed by atoms with Crippen molar-refractivity contribution >= 4 is 21.5 Å². The maximum Gasteiger partial charge on any atom is 0.244 e. The van der Waals surface area contributed by atoms with Crippen LogP contribution < -0.4 is 4.57 Å². The first-order valence-corrected chi connectivity index (χ1v) is 12.7. The Morgan fingerprint density at radius 3 is 1.69 bits per heavy atom. The lowest BCUT2D eigenvalue weighted by Gasteiger charge is -2.30. The number of imidazole rings is 1. The molecule has 0 saturated carbocycles. The highest BCUT2D eigenvalue weighted by Gasteiger charge is 2.37. The maximum atomic E-state index is 2.42. The molecule has 0 spiro atoms. The SMILES string of the molecule is CC(C)(C)[C@@H](c1cccc2ccccc12)n1cc[n+]([C@H](c2cccc3ccccc23)C(C)(C)C)c1. The predicted molar refractivity (Wildman–Crippen MR) is 148 cm³/mol. The smallest absolute Gasteiger partial charge is 0.229 e. The third-order valence-electron chi connectivity index (χ3n) is 7.15. The zero-order valence-electron chi connectivity index (χ0n) is 21.9. The second-order valence-electron chi connectivity index (χ2n) is 12.0. The number of rotatable bonds is 4. The van der Waals surface area contributed by atoms with Crippen molar-refractivity contribution in [3.05, 3.63) is 115 Å². The van der Waals surface area contributed by atoms with Crippen molar-refractivity contribution in [2.75, 3.05) is 0 Å². The lowest BCUT2D eigenvalue weighted by molar-refractivity contribution is -0.725. The second kappa shape index (κ2) is 8.68. The van der Waals surface area contributed by atoms with E-state index in [1.807, 2.05) is 0 Å². The van der Waals surface area contributed by atoms with E-state index in [2.05, 4.69) is 154 Å². The molecule has 0 aliphatic heterocycles. The molecule has 4 aromatic carbocycles. The van der Waals surface area contributed by atoms with Gasteiger partial charge in [-0.05, 0) is 21.5 Å². The summed E-state index contributed by atoms with van der Waals surface area (Å²) in [5, 5.41) is 5.25. The Bertz CT molecular complexity index is 1350. The van der Waals surface area contributed by atoms with E-state index in [9.17, 15) is 0 Å². The first-order valence-electron chi connectivity index (χ1n) is 12.7. The Hall–Kier alpha value is -3.39. The van der Waals surface area contributed by atoms with Gasteiger partial charge in [-0.2, -0.15) is 0 Å². The molecular weight excluding hydrogens is 424 g/mol. The molecule has 5 rings (SSSR count). The van der Waals surface area contributed by atoms with Gasteiger partial charge in [-0.1, -0.05) is 126 Å². The average Bonchev–Trinajstić information content (AvgIpc) is 3.26. The van der Waals surface area contributed by atoms with Crippen molar-refractivity contribution < 1.29 is 4.57 Å². The number of aromatic nitrogens is 2. The van der Waals surface area contributed by atoms with Gasteiger partial charge in [-0.15, -0.1) is 0 Å². The van der Waals surface area contributed by atoms with Gasteiger partial charge < -0.3 is 0 Å². The summed E-state index contributed by atoms with van der Waals surface area (Å²) in [4.78, 5) is 0. The lowest BCUT2D eigenvalue weighted by Crippen LogP contribution is -2.46. The van der Waals surface area contributed by atoms with Crippen LogP contribution >= 0.6 is 0 Å². The van der Waals surface area contributed by atoms with E-state index in [1.54, 1.807) is 0 Å². The minimum absolute atomic E-state index is 0.0393. The van der Waals surface area contributed by atoms with Crippen molar-refractivity contribution in [3.63, 3.8) is 0 Å². The fourth-order valence-corrected chi connectivity index (χ4v) is 5.82. The monoisotopic (exact) mass is 461 g/mol. The van der Waals surface area contributed by atoms with Crippen LogP contribution in [0.3, 0.4) is 0 Å². The van der Waals surface area contributed by atoms with E-state index >= 15 is 0 Å². The van der Waals surface area contributed by atoms with Gasteiger partial charge in [0.1, 0.15) is 24.5 Å². The van der Waals surface area contributed by atoms with Crippen LogP contribution in [-0.2, 0) is 0 Å². The van der Waals surface area contributed by atoms with Crippen molar-refractivity contribution in [3.8, 4) is 0 Å². The molecule has 0 N–H and O–H groups in total. The summed E-state index contributed by atoms with van der Waals surface area (Å²) >= 11 is 0. The number of nitrogens with zero attached hydrogens (tertiary/aromatic N) is 2. The Morgan fingerprint density at radius 2 is 1.11 bits per heavy atom. The second-order valence-corrected chi connectivity index (χ2v) is 12.0. The number of hydrogen-bond acceptors (Lipinski definition) is 0. The molecule has 2 heteroatoms. The topological polar surface area (TPSA) is 8.81 Å². The lowest BCUT2D eigenvalue weighted by atomic mass is 9.80. The molecule has 35 heavy (non-hydrogen) atoms. The summed E-state index contributed by atoms with van der Waals surface area (Å²) in [5.74, 6) is 0. The Balaban J connectivity index is 1.67. The highest BCUT2D eigenvalue weighted by Crippen LogP contribution is 2.40. The van der Waals surface area contributed by atoms with Crippen LogP contribution in [0.5, 0.6) is 0 Å². The molecule has 2 nitrogen and oxygen atoms in total. The number of fused-ring (bicyclic) bond motifs is 2. The molecule has 0 aliphatic rings. The molecule has 0 saturated heterocycles. The highest BCUT2D eigenvalue weighted by molar-refractivity contribution is 5.87. The zero-order valence-corrected chi connectivity index (χ0v) is 21.9. The van der Waals surface area contributed by atoms with Gasteiger partial charge in [-0.25, -0.2) is 9.13 Å². The zero-order chi connectivity index (χ0) is 24.8. The first-order chi connectivity index (χ1) is 16.6. The van der Waals surface area contributed by atoms with E-state index in [-0.39, 0.29) is 22.9 Å². The molecule has 178 valence electrons. The average molecular weight is 462 g/mol. The fraction of sp³-hybridized carbons (Fsp3) is 0.303. The van der Waals surface area contributed by atoms with Gasteiger partial charge in [-0.3, -0.25) is 0 Å². The molecule has 2 atom stereocenters. The van der Waals surface area contributed by atoms with Crippen molar-refractivity contribution in [2.24, 2.45) is 10.8 Å². The summed E-state index contributed by atoms with van der Waals surface area (Å²) < 4.78 is 4.84. The van der Waals surface area contributed by atoms with Crippen LogP contribution in [0.25, 0.3) is 21.5 Å². The molecule has 0 aliphatic carbocycles. The van der Waals surface area contributed by atoms with Gasteiger partial charge in [0.05, 0.1) is 0 Å². The third-order valence-corrected chi connectivity index (χ3v) is 7.15. The van der Waals surface area contributed by atoms with Crippen LogP contribution in [-0.4, -0.2) is 4.57 Å². The molecule has 0 radical (unpaired) electrons. The minimum Gasteiger partial charge on any atom is -0.229 e. The normalized spacial score (nSPS) is 14.3. The number of benzene rings is 4. The summed E-state index contributed by atoms with van der Waals surface area (Å²) in [7, 11) is 0. The van der Waals surface area contributed by atoms with Crippen LogP contribution in [0.2, 0.25) is 0 Å². The Labute approximate surface area is 209 Å². The predicted octanol–water partition coefficient (Wildman–Crippen LogP) is 8.35. The minimum atomic E-state index is 0.0393. The van der Waals surface area contributed by atoms with E-state index in [1.165, 1.54) is 32.7 Å². The first kappa shape index (κ1) is 23.4. The molecule has 0 unspecified atom stereocenters. The fourth-order valence-electron chi connectivity index (χ4n) is 5.82. The highest BCUT2D eigenvalue weighted by atomic mass is 15.2. The Morgan fingerprint density at radius 1 is 0.600 bits per heavy atom. The van der Waals surface area contributed by atoms with Gasteiger partial charge in [0, 0.05) is 22.0 Å². The largest absolute Gasteiger partial charge is 0.244 e. The van der Waals surface area contributed by atoms with E-state index in [4.69, 9.17) is 0 Å². The van der Waals surface area contributed by atoms with Gasteiger partial charge in [0.25, 0.3) is 0 Å². The maximum absolute atomic E-state index is 2.42. The molecule has 1 aromatic heterocycles. The molecule has 0 bridgehead atoms. The molecule has 5 aromatic rings. The van der Waals surface area contributed by atoms with Gasteiger partial charge >= 0.3 is 0 Å². The van der Waals surface area contributed by atoms with Crippen LogP contribution in [0, 0.1) is 10.8 Å². The van der Waals surface area contributed by atoms with E-state index < -0.39 is 0 Å². The Kier molecular flexibility index (Phi) is 5.79. The summed E-state index contributed by atoms with van der Waals surface area (Å²) in [6, 6.07) is 31.3. The molecule has 0 amide bonds. The van der Waals surface area contributed by atoms with Gasteiger partial charge in [0.2, 0.25) is 6.33 Å². The number of hydrogen-bond donors (Lipinski definition) is 0. The summed E-state index contributed by atoms with van der Waals surface area (Å²) in [6.45, 7) is 14.1. The quantitative estimate of drug-likeness (QED) is 0.238. The molecule has 0 fully saturated rings. The van der Waals surface area contributed by atoms with Crippen LogP contribution in [0.1, 0.15) is 64.8 Å². The van der Waals surface area contributed by atoms with Gasteiger partial charge in [0.15, 0.2) is 0 Å². The van der Waals surface area contributed by atoms with Crippen LogP contribution in [0.15, 0.2) is 104 Å². The van der Waals surface area contributed by atoms with Crippen molar-refractivity contribution in [1.29, 1.82) is 0 Å². The van der Waals surface area contributed by atoms with E-state index in [0.29, 0.717) is 0 Å². The summed E-state index contributed by atoms with van der Waals surface area (Å²) in [6.07, 6.45) is 6.86. The summed E-state index contributed by atoms with van der Waals surface area (Å²) in [5.41, 5.74) is 2.82. The van der Waals surface area contributed by atoms with Crippen molar-refractivity contribution in [2.45, 2.75) is 53.6 Å².